The quantitative estimate of drug-likeness (QED) is 0.647. The maximum atomic E-state index is 11.6. The van der Waals surface area contributed by atoms with Crippen molar-refractivity contribution in [3.8, 4) is 0 Å². The van der Waals surface area contributed by atoms with Gasteiger partial charge in [-0.05, 0) is 13.8 Å². The number of hydrogen-bond donors (Lipinski definition) is 2. The highest BCUT2D eigenvalue weighted by atomic mass is 16.3. The summed E-state index contributed by atoms with van der Waals surface area (Å²) in [5.41, 5.74) is 0. The summed E-state index contributed by atoms with van der Waals surface area (Å²) in [6.45, 7) is 8.67. The fraction of sp³-hybridized carbons (Fsp3) is 0.900. The van der Waals surface area contributed by atoms with E-state index in [1.54, 1.807) is 4.90 Å². The molecule has 0 aromatic carbocycles. The molecule has 0 saturated carbocycles. The lowest BCUT2D eigenvalue weighted by Crippen LogP contribution is -2.44. The predicted molar refractivity (Wildman–Crippen MR) is 57.1 cm³/mol. The number of aliphatic hydroxyl groups is 1. The Labute approximate surface area is 86.3 Å². The van der Waals surface area contributed by atoms with Crippen molar-refractivity contribution >= 4 is 5.91 Å². The van der Waals surface area contributed by atoms with Crippen LogP contribution in [-0.4, -0.2) is 47.7 Å². The first kappa shape index (κ1) is 13.4. The molecule has 0 spiro atoms. The van der Waals surface area contributed by atoms with E-state index in [-0.39, 0.29) is 18.6 Å². The van der Waals surface area contributed by atoms with Crippen LogP contribution >= 0.6 is 0 Å². The van der Waals surface area contributed by atoms with Crippen molar-refractivity contribution in [1.29, 1.82) is 0 Å². The van der Waals surface area contributed by atoms with Crippen molar-refractivity contribution < 1.29 is 9.90 Å². The number of amides is 1. The van der Waals surface area contributed by atoms with Gasteiger partial charge in [-0.2, -0.15) is 0 Å². The second kappa shape index (κ2) is 6.79. The van der Waals surface area contributed by atoms with Gasteiger partial charge in [-0.25, -0.2) is 0 Å². The molecule has 4 heteroatoms. The number of carbonyl (C=O) groups excluding carboxylic acids is 1. The highest BCUT2D eigenvalue weighted by Crippen LogP contribution is 1.97. The van der Waals surface area contributed by atoms with Crippen molar-refractivity contribution in [2.24, 2.45) is 0 Å². The molecule has 14 heavy (non-hydrogen) atoms. The molecule has 0 aliphatic rings. The van der Waals surface area contributed by atoms with E-state index >= 15 is 0 Å². The molecular formula is C10H22N2O2. The molecular weight excluding hydrogens is 180 g/mol. The minimum absolute atomic E-state index is 0.0194. The van der Waals surface area contributed by atoms with Crippen LogP contribution in [0.5, 0.6) is 0 Å². The molecule has 1 amide bonds. The smallest absolute Gasteiger partial charge is 0.236 e. The van der Waals surface area contributed by atoms with Crippen molar-refractivity contribution in [2.75, 3.05) is 19.7 Å². The number of carbonyl (C=O) groups is 1. The molecule has 0 atom stereocenters. The average Bonchev–Trinajstić information content (AvgIpc) is 2.09. The van der Waals surface area contributed by atoms with E-state index < -0.39 is 0 Å². The molecule has 4 nitrogen and oxygen atoms in total. The zero-order valence-electron chi connectivity index (χ0n) is 9.58. The van der Waals surface area contributed by atoms with Gasteiger partial charge in [0, 0.05) is 18.6 Å². The summed E-state index contributed by atoms with van der Waals surface area (Å²) in [7, 11) is 0. The number of nitrogens with zero attached hydrogens (tertiary/aromatic N) is 1. The van der Waals surface area contributed by atoms with Crippen molar-refractivity contribution in [1.82, 2.24) is 10.2 Å². The van der Waals surface area contributed by atoms with Gasteiger partial charge in [-0.3, -0.25) is 4.79 Å². The zero-order chi connectivity index (χ0) is 11.1. The minimum atomic E-state index is 0.0194. The second-order valence-corrected chi connectivity index (χ2v) is 3.94. The Morgan fingerprint density at radius 2 is 1.93 bits per heavy atom. The summed E-state index contributed by atoms with van der Waals surface area (Å²) < 4.78 is 0. The third kappa shape index (κ3) is 5.19. The van der Waals surface area contributed by atoms with Crippen molar-refractivity contribution in [3.05, 3.63) is 0 Å². The summed E-state index contributed by atoms with van der Waals surface area (Å²) >= 11 is 0. The minimum Gasteiger partial charge on any atom is -0.395 e. The van der Waals surface area contributed by atoms with E-state index in [0.717, 1.165) is 0 Å². The van der Waals surface area contributed by atoms with Crippen LogP contribution in [0.15, 0.2) is 0 Å². The Balaban J connectivity index is 4.02. The van der Waals surface area contributed by atoms with Gasteiger partial charge >= 0.3 is 0 Å². The molecule has 0 aromatic rings. The first-order chi connectivity index (χ1) is 6.49. The summed E-state index contributed by atoms with van der Waals surface area (Å²) in [5, 5.41) is 11.9. The second-order valence-electron chi connectivity index (χ2n) is 3.94. The van der Waals surface area contributed by atoms with Gasteiger partial charge in [0.2, 0.25) is 5.91 Å². The maximum Gasteiger partial charge on any atom is 0.236 e. The molecule has 0 fully saturated rings. The summed E-state index contributed by atoms with van der Waals surface area (Å²) in [6, 6.07) is 0.450. The Morgan fingerprint density at radius 1 is 1.36 bits per heavy atom. The monoisotopic (exact) mass is 202 g/mol. The van der Waals surface area contributed by atoms with Gasteiger partial charge < -0.3 is 15.3 Å². The molecule has 0 aliphatic heterocycles. The van der Waals surface area contributed by atoms with Gasteiger partial charge in [0.25, 0.3) is 0 Å². The van der Waals surface area contributed by atoms with Crippen LogP contribution in [0, 0.1) is 0 Å². The Hall–Kier alpha value is -0.610. The van der Waals surface area contributed by atoms with E-state index in [1.165, 1.54) is 0 Å². The SMILES string of the molecule is CC(C)NCC(=O)N(CCO)C(C)C. The summed E-state index contributed by atoms with van der Waals surface area (Å²) in [6.07, 6.45) is 0. The Bertz CT molecular complexity index is 170. The van der Waals surface area contributed by atoms with E-state index in [4.69, 9.17) is 5.11 Å². The van der Waals surface area contributed by atoms with Gasteiger partial charge in [0.1, 0.15) is 0 Å². The normalized spacial score (nSPS) is 11.1. The third-order valence-electron chi connectivity index (χ3n) is 1.95. The van der Waals surface area contributed by atoms with Crippen LogP contribution in [0.4, 0.5) is 0 Å². The van der Waals surface area contributed by atoms with E-state index in [2.05, 4.69) is 5.32 Å². The van der Waals surface area contributed by atoms with Crippen molar-refractivity contribution in [3.63, 3.8) is 0 Å². The largest absolute Gasteiger partial charge is 0.395 e. The average molecular weight is 202 g/mol. The van der Waals surface area contributed by atoms with Crippen molar-refractivity contribution in [2.45, 2.75) is 39.8 Å². The van der Waals surface area contributed by atoms with Crippen LogP contribution < -0.4 is 5.32 Å². The topological polar surface area (TPSA) is 52.6 Å². The van der Waals surface area contributed by atoms with Crippen LogP contribution in [0.3, 0.4) is 0 Å². The van der Waals surface area contributed by atoms with E-state index in [1.807, 2.05) is 27.7 Å². The van der Waals surface area contributed by atoms with Crippen LogP contribution in [0.1, 0.15) is 27.7 Å². The molecule has 0 saturated heterocycles. The standard InChI is InChI=1S/C10H22N2O2/c1-8(2)11-7-10(14)12(5-6-13)9(3)4/h8-9,11,13H,5-7H2,1-4H3. The molecule has 0 unspecified atom stereocenters. The van der Waals surface area contributed by atoms with E-state index in [0.29, 0.717) is 19.1 Å². The summed E-state index contributed by atoms with van der Waals surface area (Å²) in [4.78, 5) is 13.3. The highest BCUT2D eigenvalue weighted by molar-refractivity contribution is 5.78. The van der Waals surface area contributed by atoms with Gasteiger partial charge in [-0.15, -0.1) is 0 Å². The number of hydrogen-bond acceptors (Lipinski definition) is 3. The molecule has 0 rings (SSSR count). The first-order valence-electron chi connectivity index (χ1n) is 5.12. The lowest BCUT2D eigenvalue weighted by molar-refractivity contribution is -0.132. The fourth-order valence-electron chi connectivity index (χ4n) is 1.17. The van der Waals surface area contributed by atoms with Crippen LogP contribution in [0.25, 0.3) is 0 Å². The number of nitrogens with one attached hydrogen (secondary N) is 1. The number of aliphatic hydroxyl groups excluding tert-OH is 1. The van der Waals surface area contributed by atoms with Crippen LogP contribution in [0.2, 0.25) is 0 Å². The molecule has 0 aliphatic carbocycles. The van der Waals surface area contributed by atoms with Gasteiger partial charge in [0.05, 0.1) is 13.2 Å². The Kier molecular flexibility index (Phi) is 6.49. The van der Waals surface area contributed by atoms with E-state index in [9.17, 15) is 4.79 Å². The molecule has 0 heterocycles. The summed E-state index contributed by atoms with van der Waals surface area (Å²) in [5.74, 6) is 0.0442. The molecule has 2 N–H and O–H groups in total. The fourth-order valence-corrected chi connectivity index (χ4v) is 1.17. The van der Waals surface area contributed by atoms with Gasteiger partial charge in [0.15, 0.2) is 0 Å². The molecule has 84 valence electrons. The molecule has 0 bridgehead atoms. The molecule has 0 aromatic heterocycles. The lowest BCUT2D eigenvalue weighted by Gasteiger charge is -2.26. The third-order valence-corrected chi connectivity index (χ3v) is 1.95. The van der Waals surface area contributed by atoms with Gasteiger partial charge in [-0.1, -0.05) is 13.8 Å². The first-order valence-corrected chi connectivity index (χ1v) is 5.12. The maximum absolute atomic E-state index is 11.6. The lowest BCUT2D eigenvalue weighted by atomic mass is 10.3. The van der Waals surface area contributed by atoms with Crippen LogP contribution in [-0.2, 0) is 4.79 Å². The highest BCUT2D eigenvalue weighted by Gasteiger charge is 2.15. The zero-order valence-corrected chi connectivity index (χ0v) is 9.58. The Morgan fingerprint density at radius 3 is 2.29 bits per heavy atom. The number of rotatable bonds is 6. The predicted octanol–water partition coefficient (Wildman–Crippen LogP) is 0.214. The molecule has 0 radical (unpaired) electrons.